The second-order valence-corrected chi connectivity index (χ2v) is 7.31. The van der Waals surface area contributed by atoms with Crippen LogP contribution in [0.5, 0.6) is 0 Å². The number of hydrogen-bond donors (Lipinski definition) is 1. The Morgan fingerprint density at radius 2 is 2.14 bits per heavy atom. The van der Waals surface area contributed by atoms with Crippen molar-refractivity contribution in [3.8, 4) is 0 Å². The summed E-state index contributed by atoms with van der Waals surface area (Å²) in [7, 11) is 1.40. The Hall–Kier alpha value is -3.23. The van der Waals surface area contributed by atoms with E-state index in [1.807, 2.05) is 4.57 Å². The molecule has 0 aliphatic carbocycles. The zero-order valence-electron chi connectivity index (χ0n) is 16.4. The average Bonchev–Trinajstić information content (AvgIpc) is 3.07. The van der Waals surface area contributed by atoms with Crippen molar-refractivity contribution < 1.29 is 13.9 Å². The van der Waals surface area contributed by atoms with Crippen molar-refractivity contribution in [1.29, 1.82) is 0 Å². The van der Waals surface area contributed by atoms with Gasteiger partial charge in [-0.25, -0.2) is 24.1 Å². The minimum Gasteiger partial charge on any atom is -0.453 e. The van der Waals surface area contributed by atoms with Gasteiger partial charge in [0.15, 0.2) is 5.65 Å². The Kier molecular flexibility index (Phi) is 5.28. The molecule has 8 nitrogen and oxygen atoms in total. The van der Waals surface area contributed by atoms with Crippen LogP contribution in [0.1, 0.15) is 18.9 Å². The highest BCUT2D eigenvalue weighted by molar-refractivity contribution is 5.73. The number of likely N-dealkylation sites (tertiary alicyclic amines) is 1. The molecule has 1 amide bonds. The van der Waals surface area contributed by atoms with Crippen molar-refractivity contribution in [3.05, 3.63) is 48.2 Å². The fourth-order valence-electron chi connectivity index (χ4n) is 3.73. The van der Waals surface area contributed by atoms with E-state index in [0.717, 1.165) is 12.0 Å². The van der Waals surface area contributed by atoms with Crippen molar-refractivity contribution in [3.63, 3.8) is 0 Å². The largest absolute Gasteiger partial charge is 0.453 e. The summed E-state index contributed by atoms with van der Waals surface area (Å²) in [6.45, 7) is 3.83. The van der Waals surface area contributed by atoms with Crippen LogP contribution in [-0.2, 0) is 11.3 Å². The van der Waals surface area contributed by atoms with Crippen LogP contribution in [-0.4, -0.2) is 56.8 Å². The van der Waals surface area contributed by atoms with Gasteiger partial charge < -0.3 is 15.0 Å². The number of amides is 1. The number of piperidine rings is 1. The predicted octanol–water partition coefficient (Wildman–Crippen LogP) is 2.90. The Labute approximate surface area is 167 Å². The van der Waals surface area contributed by atoms with Gasteiger partial charge in [0.25, 0.3) is 0 Å². The molecule has 1 aliphatic heterocycles. The van der Waals surface area contributed by atoms with Gasteiger partial charge in [-0.2, -0.15) is 0 Å². The lowest BCUT2D eigenvalue weighted by molar-refractivity contribution is 0.101. The lowest BCUT2D eigenvalue weighted by Gasteiger charge is -2.36. The molecule has 152 valence electrons. The second kappa shape index (κ2) is 8.02. The Balaban J connectivity index is 1.59. The van der Waals surface area contributed by atoms with E-state index < -0.39 is 0 Å². The molecule has 0 saturated carbocycles. The summed E-state index contributed by atoms with van der Waals surface area (Å²) in [4.78, 5) is 26.6. The molecule has 0 unspecified atom stereocenters. The van der Waals surface area contributed by atoms with Crippen LogP contribution in [0, 0.1) is 11.7 Å². The molecule has 1 aromatic carbocycles. The van der Waals surface area contributed by atoms with Crippen LogP contribution in [0.4, 0.5) is 15.1 Å². The van der Waals surface area contributed by atoms with Gasteiger partial charge in [-0.05, 0) is 30.0 Å². The molecule has 0 radical (unpaired) electrons. The van der Waals surface area contributed by atoms with E-state index in [1.54, 1.807) is 23.2 Å². The van der Waals surface area contributed by atoms with Gasteiger partial charge in [0, 0.05) is 19.1 Å². The molecular weight excluding hydrogens is 375 g/mol. The van der Waals surface area contributed by atoms with Crippen molar-refractivity contribution in [2.24, 2.45) is 5.92 Å². The highest BCUT2D eigenvalue weighted by Crippen LogP contribution is 2.24. The smallest absolute Gasteiger partial charge is 0.409 e. The number of halogens is 1. The number of carbonyl (C=O) groups excluding carboxylic acids is 1. The van der Waals surface area contributed by atoms with Crippen molar-refractivity contribution in [2.75, 3.05) is 25.5 Å². The number of rotatable bonds is 4. The molecule has 1 saturated heterocycles. The standard InChI is InChI=1S/C20H23FN6O2/c1-13-10-26(20(28)29-2)8-7-16(13)24-19-25-17-9-22-12-23-18(17)27(19)11-14-3-5-15(21)6-4-14/h3-6,9,12-13,16H,7-8,10-11H2,1-2H3,(H,24,25)/t13-,16+/m0/s1. The molecule has 2 atom stereocenters. The average molecular weight is 398 g/mol. The first-order valence-electron chi connectivity index (χ1n) is 9.55. The Morgan fingerprint density at radius 3 is 2.86 bits per heavy atom. The van der Waals surface area contributed by atoms with Crippen LogP contribution in [0.2, 0.25) is 0 Å². The van der Waals surface area contributed by atoms with Gasteiger partial charge in [-0.3, -0.25) is 4.57 Å². The third kappa shape index (κ3) is 3.98. The summed E-state index contributed by atoms with van der Waals surface area (Å²) in [5, 5.41) is 3.53. The first-order chi connectivity index (χ1) is 14.0. The number of nitrogens with one attached hydrogen (secondary N) is 1. The summed E-state index contributed by atoms with van der Waals surface area (Å²) in [5.74, 6) is 0.636. The number of ether oxygens (including phenoxy) is 1. The number of fused-ring (bicyclic) bond motifs is 1. The molecule has 4 rings (SSSR count). The summed E-state index contributed by atoms with van der Waals surface area (Å²) < 4.78 is 20.1. The molecule has 2 aromatic heterocycles. The third-order valence-electron chi connectivity index (χ3n) is 5.32. The molecule has 1 fully saturated rings. The maximum absolute atomic E-state index is 13.3. The van der Waals surface area contributed by atoms with Gasteiger partial charge in [0.05, 0.1) is 19.9 Å². The summed E-state index contributed by atoms with van der Waals surface area (Å²) in [6, 6.07) is 6.54. The summed E-state index contributed by atoms with van der Waals surface area (Å²) in [6.07, 6.45) is 3.65. The van der Waals surface area contributed by atoms with Crippen molar-refractivity contribution in [2.45, 2.75) is 25.9 Å². The molecule has 1 N–H and O–H groups in total. The van der Waals surface area contributed by atoms with Gasteiger partial charge >= 0.3 is 6.09 Å². The van der Waals surface area contributed by atoms with E-state index in [9.17, 15) is 9.18 Å². The lowest BCUT2D eigenvalue weighted by Crippen LogP contribution is -2.47. The predicted molar refractivity (Wildman–Crippen MR) is 106 cm³/mol. The van der Waals surface area contributed by atoms with Crippen LogP contribution in [0.25, 0.3) is 11.2 Å². The molecular formula is C20H23FN6O2. The SMILES string of the molecule is COC(=O)N1CC[C@@H](Nc2nc3cncnc3n2Cc2ccc(F)cc2)[C@@H](C)C1. The highest BCUT2D eigenvalue weighted by atomic mass is 19.1. The van der Waals surface area contributed by atoms with E-state index in [1.165, 1.54) is 25.6 Å². The van der Waals surface area contributed by atoms with Gasteiger partial charge in [-0.15, -0.1) is 0 Å². The second-order valence-electron chi connectivity index (χ2n) is 7.31. The number of carbonyl (C=O) groups is 1. The van der Waals surface area contributed by atoms with Gasteiger partial charge in [0.1, 0.15) is 17.7 Å². The fraction of sp³-hybridized carbons (Fsp3) is 0.400. The van der Waals surface area contributed by atoms with Crippen LogP contribution in [0.3, 0.4) is 0 Å². The van der Waals surface area contributed by atoms with Gasteiger partial charge in [-0.1, -0.05) is 19.1 Å². The molecule has 3 heterocycles. The van der Waals surface area contributed by atoms with E-state index >= 15 is 0 Å². The maximum Gasteiger partial charge on any atom is 0.409 e. The fourth-order valence-corrected chi connectivity index (χ4v) is 3.73. The van der Waals surface area contributed by atoms with Crippen molar-refractivity contribution >= 4 is 23.2 Å². The van der Waals surface area contributed by atoms with E-state index in [4.69, 9.17) is 4.74 Å². The molecule has 1 aliphatic rings. The molecule has 3 aromatic rings. The number of aromatic nitrogens is 4. The first kappa shape index (κ1) is 19.1. The number of hydrogen-bond acceptors (Lipinski definition) is 6. The van der Waals surface area contributed by atoms with Crippen LogP contribution in [0.15, 0.2) is 36.8 Å². The topological polar surface area (TPSA) is 85.2 Å². The number of nitrogens with zero attached hydrogens (tertiary/aromatic N) is 5. The molecule has 29 heavy (non-hydrogen) atoms. The van der Waals surface area contributed by atoms with E-state index in [0.29, 0.717) is 36.7 Å². The minimum atomic E-state index is -0.297. The third-order valence-corrected chi connectivity index (χ3v) is 5.32. The first-order valence-corrected chi connectivity index (χ1v) is 9.55. The molecule has 0 spiro atoms. The highest BCUT2D eigenvalue weighted by Gasteiger charge is 2.30. The molecule has 9 heteroatoms. The van der Waals surface area contributed by atoms with E-state index in [-0.39, 0.29) is 23.9 Å². The molecule has 0 bridgehead atoms. The lowest BCUT2D eigenvalue weighted by atomic mass is 9.94. The number of methoxy groups -OCH3 is 1. The maximum atomic E-state index is 13.3. The summed E-state index contributed by atoms with van der Waals surface area (Å²) in [5.41, 5.74) is 2.35. The Bertz CT molecular complexity index is 1010. The van der Waals surface area contributed by atoms with Crippen molar-refractivity contribution in [1.82, 2.24) is 24.4 Å². The van der Waals surface area contributed by atoms with Crippen LogP contribution >= 0.6 is 0 Å². The van der Waals surface area contributed by atoms with Gasteiger partial charge in [0.2, 0.25) is 5.95 Å². The zero-order chi connectivity index (χ0) is 20.4. The van der Waals surface area contributed by atoms with Crippen LogP contribution < -0.4 is 5.32 Å². The monoisotopic (exact) mass is 398 g/mol. The minimum absolute atomic E-state index is 0.146. The zero-order valence-corrected chi connectivity index (χ0v) is 16.4. The number of benzene rings is 1. The number of anilines is 1. The normalized spacial score (nSPS) is 19.3. The Morgan fingerprint density at radius 1 is 1.34 bits per heavy atom. The summed E-state index contributed by atoms with van der Waals surface area (Å²) >= 11 is 0. The van der Waals surface area contributed by atoms with E-state index in [2.05, 4.69) is 27.2 Å². The quantitative estimate of drug-likeness (QED) is 0.727. The number of imidazole rings is 1.